The molecule has 5 nitrogen and oxygen atoms in total. The van der Waals surface area contributed by atoms with Gasteiger partial charge in [0, 0.05) is 40.5 Å². The van der Waals surface area contributed by atoms with Crippen LogP contribution in [0.2, 0.25) is 0 Å². The molecule has 1 aliphatic carbocycles. The number of aromatic nitrogens is 3. The van der Waals surface area contributed by atoms with E-state index in [1.165, 1.54) is 28.2 Å². The van der Waals surface area contributed by atoms with Crippen molar-refractivity contribution in [1.82, 2.24) is 15.0 Å². The number of hydrogen-bond donors (Lipinski definition) is 1. The number of pyridine rings is 1. The SMILES string of the molecule is CN(c1ccc(Sc2ccncc2)cc1)c1nc(N)nc2c1CCCC2. The highest BCUT2D eigenvalue weighted by Gasteiger charge is 2.20. The highest BCUT2D eigenvalue weighted by molar-refractivity contribution is 7.99. The Morgan fingerprint density at radius 2 is 1.62 bits per heavy atom. The second kappa shape index (κ2) is 7.33. The third kappa shape index (κ3) is 3.51. The number of rotatable bonds is 4. The molecule has 2 heterocycles. The third-order valence-corrected chi connectivity index (χ3v) is 5.62. The molecular weight excluding hydrogens is 342 g/mol. The molecular formula is C20H21N5S. The van der Waals surface area contributed by atoms with Gasteiger partial charge in [0.25, 0.3) is 0 Å². The van der Waals surface area contributed by atoms with Crippen LogP contribution in [0.15, 0.2) is 58.6 Å². The van der Waals surface area contributed by atoms with E-state index in [9.17, 15) is 0 Å². The van der Waals surface area contributed by atoms with E-state index in [2.05, 4.69) is 44.1 Å². The number of anilines is 3. The van der Waals surface area contributed by atoms with Gasteiger partial charge in [-0.1, -0.05) is 11.8 Å². The molecule has 0 fully saturated rings. The molecule has 3 aromatic rings. The molecule has 0 unspecified atom stereocenters. The molecule has 0 radical (unpaired) electrons. The summed E-state index contributed by atoms with van der Waals surface area (Å²) < 4.78 is 0. The van der Waals surface area contributed by atoms with E-state index in [1.807, 2.05) is 31.6 Å². The van der Waals surface area contributed by atoms with Crippen molar-refractivity contribution in [3.63, 3.8) is 0 Å². The first-order valence-electron chi connectivity index (χ1n) is 8.77. The minimum Gasteiger partial charge on any atom is -0.368 e. The Balaban J connectivity index is 1.59. The molecule has 0 spiro atoms. The van der Waals surface area contributed by atoms with Gasteiger partial charge in [0.05, 0.1) is 5.69 Å². The largest absolute Gasteiger partial charge is 0.368 e. The molecule has 2 aromatic heterocycles. The number of nitrogens with zero attached hydrogens (tertiary/aromatic N) is 4. The Morgan fingerprint density at radius 3 is 2.38 bits per heavy atom. The summed E-state index contributed by atoms with van der Waals surface area (Å²) in [5.74, 6) is 1.29. The van der Waals surface area contributed by atoms with Crippen LogP contribution < -0.4 is 10.6 Å². The molecule has 26 heavy (non-hydrogen) atoms. The van der Waals surface area contributed by atoms with E-state index in [-0.39, 0.29) is 0 Å². The smallest absolute Gasteiger partial charge is 0.222 e. The lowest BCUT2D eigenvalue weighted by Gasteiger charge is -2.25. The Labute approximate surface area is 157 Å². The van der Waals surface area contributed by atoms with Crippen LogP contribution in [0, 0.1) is 0 Å². The van der Waals surface area contributed by atoms with E-state index < -0.39 is 0 Å². The molecule has 4 rings (SSSR count). The fourth-order valence-corrected chi connectivity index (χ4v) is 4.07. The van der Waals surface area contributed by atoms with Gasteiger partial charge in [0.2, 0.25) is 5.95 Å². The molecule has 1 aliphatic rings. The quantitative estimate of drug-likeness (QED) is 0.747. The standard InChI is InChI=1S/C20H21N5S/c1-25(19-17-4-2-3-5-18(17)23-20(21)24-19)14-6-8-15(9-7-14)26-16-10-12-22-13-11-16/h6-13H,2-5H2,1H3,(H2,21,23,24). The lowest BCUT2D eigenvalue weighted by molar-refractivity contribution is 0.663. The molecule has 0 aliphatic heterocycles. The lowest BCUT2D eigenvalue weighted by Crippen LogP contribution is -2.19. The van der Waals surface area contributed by atoms with Gasteiger partial charge in [-0.05, 0) is 62.1 Å². The Kier molecular flexibility index (Phi) is 4.75. The van der Waals surface area contributed by atoms with Gasteiger partial charge in [-0.2, -0.15) is 4.98 Å². The number of hydrogen-bond acceptors (Lipinski definition) is 6. The molecule has 0 saturated heterocycles. The first kappa shape index (κ1) is 16.8. The molecule has 1 aromatic carbocycles. The zero-order chi connectivity index (χ0) is 17.9. The van der Waals surface area contributed by atoms with Crippen LogP contribution >= 0.6 is 11.8 Å². The third-order valence-electron chi connectivity index (χ3n) is 4.61. The Bertz CT molecular complexity index is 896. The van der Waals surface area contributed by atoms with E-state index in [1.54, 1.807) is 11.8 Å². The van der Waals surface area contributed by atoms with Gasteiger partial charge in [-0.15, -0.1) is 0 Å². The zero-order valence-electron chi connectivity index (χ0n) is 14.7. The number of nitrogens with two attached hydrogens (primary N) is 1. The fraction of sp³-hybridized carbons (Fsp3) is 0.250. The zero-order valence-corrected chi connectivity index (χ0v) is 15.5. The minimum atomic E-state index is 0.359. The van der Waals surface area contributed by atoms with Crippen molar-refractivity contribution in [1.29, 1.82) is 0 Å². The van der Waals surface area contributed by atoms with Crippen molar-refractivity contribution < 1.29 is 0 Å². The molecule has 0 saturated carbocycles. The Hall–Kier alpha value is -2.60. The first-order valence-corrected chi connectivity index (χ1v) is 9.59. The summed E-state index contributed by atoms with van der Waals surface area (Å²) in [5.41, 5.74) is 9.39. The minimum absolute atomic E-state index is 0.359. The predicted octanol–water partition coefficient (Wildman–Crippen LogP) is 4.25. The van der Waals surface area contributed by atoms with Crippen LogP contribution in [0.5, 0.6) is 0 Å². The molecule has 2 N–H and O–H groups in total. The molecule has 0 atom stereocenters. The maximum atomic E-state index is 5.95. The van der Waals surface area contributed by atoms with Crippen molar-refractivity contribution in [3.8, 4) is 0 Å². The van der Waals surface area contributed by atoms with Gasteiger partial charge in [0.15, 0.2) is 0 Å². The summed E-state index contributed by atoms with van der Waals surface area (Å²) in [6.07, 6.45) is 7.99. The summed E-state index contributed by atoms with van der Waals surface area (Å²) in [5, 5.41) is 0. The van der Waals surface area contributed by atoms with Crippen molar-refractivity contribution in [2.24, 2.45) is 0 Å². The summed E-state index contributed by atoms with van der Waals surface area (Å²) >= 11 is 1.72. The van der Waals surface area contributed by atoms with Crippen LogP contribution in [-0.4, -0.2) is 22.0 Å². The summed E-state index contributed by atoms with van der Waals surface area (Å²) in [6, 6.07) is 12.5. The number of benzene rings is 1. The van der Waals surface area contributed by atoms with E-state index in [4.69, 9.17) is 5.73 Å². The van der Waals surface area contributed by atoms with Crippen LogP contribution in [0.3, 0.4) is 0 Å². The molecule has 132 valence electrons. The average Bonchev–Trinajstić information content (AvgIpc) is 2.68. The summed E-state index contributed by atoms with van der Waals surface area (Å²) in [4.78, 5) is 17.5. The van der Waals surface area contributed by atoms with Gasteiger partial charge < -0.3 is 10.6 Å². The van der Waals surface area contributed by atoms with Gasteiger partial charge in [-0.3, -0.25) is 4.98 Å². The number of aryl methyl sites for hydroxylation is 1. The highest BCUT2D eigenvalue weighted by atomic mass is 32.2. The van der Waals surface area contributed by atoms with Crippen LogP contribution in [0.25, 0.3) is 0 Å². The van der Waals surface area contributed by atoms with E-state index >= 15 is 0 Å². The summed E-state index contributed by atoms with van der Waals surface area (Å²) in [7, 11) is 2.04. The van der Waals surface area contributed by atoms with E-state index in [0.29, 0.717) is 5.95 Å². The Morgan fingerprint density at radius 1 is 0.923 bits per heavy atom. The highest BCUT2D eigenvalue weighted by Crippen LogP contribution is 2.33. The van der Waals surface area contributed by atoms with Gasteiger partial charge in [-0.25, -0.2) is 4.98 Å². The van der Waals surface area contributed by atoms with Crippen molar-refractivity contribution in [2.75, 3.05) is 17.7 Å². The average molecular weight is 363 g/mol. The predicted molar refractivity (Wildman–Crippen MR) is 106 cm³/mol. The van der Waals surface area contributed by atoms with Crippen molar-refractivity contribution in [3.05, 3.63) is 60.0 Å². The molecule has 6 heteroatoms. The topological polar surface area (TPSA) is 67.9 Å². The fourth-order valence-electron chi connectivity index (χ4n) is 3.27. The second-order valence-electron chi connectivity index (χ2n) is 6.38. The summed E-state index contributed by atoms with van der Waals surface area (Å²) in [6.45, 7) is 0. The lowest BCUT2D eigenvalue weighted by atomic mass is 9.96. The van der Waals surface area contributed by atoms with Gasteiger partial charge in [0.1, 0.15) is 5.82 Å². The monoisotopic (exact) mass is 363 g/mol. The van der Waals surface area contributed by atoms with Crippen LogP contribution in [0.4, 0.5) is 17.5 Å². The van der Waals surface area contributed by atoms with Crippen molar-refractivity contribution >= 4 is 29.2 Å². The van der Waals surface area contributed by atoms with Crippen molar-refractivity contribution in [2.45, 2.75) is 35.5 Å². The second-order valence-corrected chi connectivity index (χ2v) is 7.52. The normalized spacial score (nSPS) is 13.3. The maximum absolute atomic E-state index is 5.95. The maximum Gasteiger partial charge on any atom is 0.222 e. The van der Waals surface area contributed by atoms with E-state index in [0.717, 1.165) is 30.0 Å². The number of fused-ring (bicyclic) bond motifs is 1. The first-order chi connectivity index (χ1) is 12.7. The van der Waals surface area contributed by atoms with Crippen LogP contribution in [-0.2, 0) is 12.8 Å². The molecule has 0 bridgehead atoms. The molecule has 0 amide bonds. The van der Waals surface area contributed by atoms with Gasteiger partial charge >= 0.3 is 0 Å². The van der Waals surface area contributed by atoms with Crippen LogP contribution in [0.1, 0.15) is 24.1 Å². The number of nitrogen functional groups attached to an aromatic ring is 1.